The molecule has 1 N–H and O–H groups in total. The lowest BCUT2D eigenvalue weighted by Crippen LogP contribution is -2.00. The average Bonchev–Trinajstić information content (AvgIpc) is 2.50. The van der Waals surface area contributed by atoms with Gasteiger partial charge in [-0.2, -0.15) is 0 Å². The van der Waals surface area contributed by atoms with Gasteiger partial charge in [-0.05, 0) is 48.1 Å². The first kappa shape index (κ1) is 14.2. The first-order valence-corrected chi connectivity index (χ1v) is 7.92. The minimum atomic E-state index is 0.840. The van der Waals surface area contributed by atoms with E-state index in [2.05, 4.69) is 89.7 Å². The van der Waals surface area contributed by atoms with Crippen LogP contribution in [0, 0.1) is 13.8 Å². The van der Waals surface area contributed by atoms with Crippen molar-refractivity contribution < 1.29 is 0 Å². The molecule has 0 amide bonds. The smallest absolute Gasteiger partial charge is 0.0423 e. The molecular weight excluding hydrogens is 322 g/mol. The van der Waals surface area contributed by atoms with Gasteiger partial charge >= 0.3 is 0 Å². The minimum Gasteiger partial charge on any atom is -0.380 e. The van der Waals surface area contributed by atoms with Gasteiger partial charge in [0, 0.05) is 22.1 Å². The summed E-state index contributed by atoms with van der Waals surface area (Å²) in [7, 11) is 0. The summed E-state index contributed by atoms with van der Waals surface area (Å²) < 4.78 is 1.13. The lowest BCUT2D eigenvalue weighted by molar-refractivity contribution is 1.14. The summed E-state index contributed by atoms with van der Waals surface area (Å²) in [6.07, 6.45) is 0. The van der Waals surface area contributed by atoms with Crippen LogP contribution < -0.4 is 5.32 Å². The quantitative estimate of drug-likeness (QED) is 0.632. The zero-order chi connectivity index (χ0) is 14.8. The monoisotopic (exact) mass is 339 g/mol. The maximum absolute atomic E-state index is 3.62. The van der Waals surface area contributed by atoms with Crippen molar-refractivity contribution in [2.75, 3.05) is 5.32 Å². The highest BCUT2D eigenvalue weighted by Crippen LogP contribution is 2.30. The van der Waals surface area contributed by atoms with E-state index in [1.807, 2.05) is 0 Å². The van der Waals surface area contributed by atoms with Crippen molar-refractivity contribution in [2.45, 2.75) is 20.4 Å². The first-order valence-electron chi connectivity index (χ1n) is 7.12. The summed E-state index contributed by atoms with van der Waals surface area (Å²) in [4.78, 5) is 0. The number of hydrogen-bond acceptors (Lipinski definition) is 1. The summed E-state index contributed by atoms with van der Waals surface area (Å²) in [5, 5.41) is 6.04. The predicted octanol–water partition coefficient (Wildman–Crippen LogP) is 5.83. The molecule has 3 rings (SSSR count). The topological polar surface area (TPSA) is 12.0 Å². The van der Waals surface area contributed by atoms with Gasteiger partial charge in [0.25, 0.3) is 0 Å². The molecule has 21 heavy (non-hydrogen) atoms. The molecule has 0 fully saturated rings. The molecule has 0 atom stereocenters. The van der Waals surface area contributed by atoms with Gasteiger partial charge in [-0.1, -0.05) is 58.4 Å². The van der Waals surface area contributed by atoms with Gasteiger partial charge in [-0.15, -0.1) is 0 Å². The average molecular weight is 340 g/mol. The van der Waals surface area contributed by atoms with E-state index in [4.69, 9.17) is 0 Å². The molecule has 0 saturated carbocycles. The molecule has 0 aliphatic carbocycles. The number of aryl methyl sites for hydroxylation is 2. The van der Waals surface area contributed by atoms with E-state index in [0.717, 1.165) is 11.0 Å². The fourth-order valence-corrected chi connectivity index (χ4v) is 3.01. The van der Waals surface area contributed by atoms with Crippen molar-refractivity contribution >= 4 is 32.4 Å². The maximum Gasteiger partial charge on any atom is 0.0423 e. The van der Waals surface area contributed by atoms with E-state index < -0.39 is 0 Å². The lowest BCUT2D eigenvalue weighted by Gasteiger charge is -2.12. The van der Waals surface area contributed by atoms with Gasteiger partial charge in [-0.3, -0.25) is 0 Å². The Hall–Kier alpha value is -1.80. The van der Waals surface area contributed by atoms with Crippen LogP contribution in [0.1, 0.15) is 16.7 Å². The molecule has 0 aromatic heterocycles. The molecule has 0 radical (unpaired) electrons. The van der Waals surface area contributed by atoms with Crippen LogP contribution >= 0.6 is 15.9 Å². The number of fused-ring (bicyclic) bond motifs is 1. The van der Waals surface area contributed by atoms with Crippen LogP contribution in [0.25, 0.3) is 10.8 Å². The molecular formula is C19H18BrN. The summed E-state index contributed by atoms with van der Waals surface area (Å²) >= 11 is 3.62. The Morgan fingerprint density at radius 1 is 0.857 bits per heavy atom. The molecule has 0 saturated heterocycles. The molecule has 0 unspecified atom stereocenters. The van der Waals surface area contributed by atoms with Gasteiger partial charge in [0.15, 0.2) is 0 Å². The normalized spacial score (nSPS) is 10.8. The third-order valence-corrected chi connectivity index (χ3v) is 4.62. The zero-order valence-electron chi connectivity index (χ0n) is 12.3. The van der Waals surface area contributed by atoms with Crippen molar-refractivity contribution in [3.63, 3.8) is 0 Å². The van der Waals surface area contributed by atoms with Crippen LogP contribution in [0.2, 0.25) is 0 Å². The Labute approximate surface area is 134 Å². The van der Waals surface area contributed by atoms with Gasteiger partial charge in [0.1, 0.15) is 0 Å². The largest absolute Gasteiger partial charge is 0.380 e. The second-order valence-corrected chi connectivity index (χ2v) is 6.27. The molecule has 1 nitrogen and oxygen atoms in total. The first-order chi connectivity index (χ1) is 10.1. The number of nitrogens with one attached hydrogen (secondary N) is 1. The van der Waals surface area contributed by atoms with Crippen LogP contribution in [0.5, 0.6) is 0 Å². The van der Waals surface area contributed by atoms with Crippen molar-refractivity contribution in [1.29, 1.82) is 0 Å². The molecule has 0 aliphatic heterocycles. The highest BCUT2D eigenvalue weighted by molar-refractivity contribution is 9.10. The Kier molecular flexibility index (Phi) is 3.98. The molecule has 106 valence electrons. The van der Waals surface area contributed by atoms with Crippen LogP contribution in [-0.2, 0) is 6.54 Å². The van der Waals surface area contributed by atoms with Gasteiger partial charge < -0.3 is 5.32 Å². The predicted molar refractivity (Wildman–Crippen MR) is 94.9 cm³/mol. The van der Waals surface area contributed by atoms with E-state index in [9.17, 15) is 0 Å². The van der Waals surface area contributed by atoms with Crippen LogP contribution in [0.4, 0.5) is 5.69 Å². The summed E-state index contributed by atoms with van der Waals surface area (Å²) in [5.74, 6) is 0. The van der Waals surface area contributed by atoms with E-state index in [-0.39, 0.29) is 0 Å². The van der Waals surface area contributed by atoms with Crippen LogP contribution in [-0.4, -0.2) is 0 Å². The van der Waals surface area contributed by atoms with E-state index in [1.165, 1.54) is 33.2 Å². The molecule has 0 bridgehead atoms. The number of hydrogen-bond donors (Lipinski definition) is 1. The molecule has 0 aliphatic rings. The Bertz CT molecular complexity index is 793. The Morgan fingerprint density at radius 2 is 1.62 bits per heavy atom. The number of anilines is 1. The van der Waals surface area contributed by atoms with Crippen LogP contribution in [0.15, 0.2) is 59.1 Å². The van der Waals surface area contributed by atoms with Gasteiger partial charge in [0.05, 0.1) is 0 Å². The zero-order valence-corrected chi connectivity index (χ0v) is 13.9. The van der Waals surface area contributed by atoms with Crippen molar-refractivity contribution in [2.24, 2.45) is 0 Å². The maximum atomic E-state index is 3.62. The Morgan fingerprint density at radius 3 is 2.38 bits per heavy atom. The van der Waals surface area contributed by atoms with E-state index in [1.54, 1.807) is 0 Å². The number of halogens is 1. The molecule has 0 heterocycles. The lowest BCUT2D eigenvalue weighted by atomic mass is 10.1. The second-order valence-electron chi connectivity index (χ2n) is 5.41. The number of benzene rings is 3. The summed E-state index contributed by atoms with van der Waals surface area (Å²) in [6.45, 7) is 5.15. The van der Waals surface area contributed by atoms with Crippen molar-refractivity contribution in [3.8, 4) is 0 Å². The molecule has 0 spiro atoms. The van der Waals surface area contributed by atoms with E-state index >= 15 is 0 Å². The summed E-state index contributed by atoms with van der Waals surface area (Å²) in [5.41, 5.74) is 5.17. The van der Waals surface area contributed by atoms with Crippen LogP contribution in [0.3, 0.4) is 0 Å². The fraction of sp³-hybridized carbons (Fsp3) is 0.158. The van der Waals surface area contributed by atoms with Crippen molar-refractivity contribution in [1.82, 2.24) is 0 Å². The number of rotatable bonds is 3. The molecule has 3 aromatic rings. The van der Waals surface area contributed by atoms with Gasteiger partial charge in [-0.25, -0.2) is 0 Å². The third kappa shape index (κ3) is 2.96. The molecule has 2 heteroatoms. The fourth-order valence-electron chi connectivity index (χ4n) is 2.53. The third-order valence-electron chi connectivity index (χ3n) is 3.93. The van der Waals surface area contributed by atoms with Gasteiger partial charge in [0.2, 0.25) is 0 Å². The molecule has 3 aromatic carbocycles. The Balaban J connectivity index is 1.88. The second kappa shape index (κ2) is 5.90. The highest BCUT2D eigenvalue weighted by atomic mass is 79.9. The SMILES string of the molecule is Cc1ccc(CNc2ccc(Br)c3ccccc23)cc1C. The van der Waals surface area contributed by atoms with E-state index in [0.29, 0.717) is 0 Å². The highest BCUT2D eigenvalue weighted by Gasteiger charge is 2.04. The minimum absolute atomic E-state index is 0.840. The standard InChI is InChI=1S/C19H18BrN/c1-13-7-8-15(11-14(13)2)12-21-19-10-9-18(20)16-5-3-4-6-17(16)19/h3-11,21H,12H2,1-2H3. The van der Waals surface area contributed by atoms with Crippen molar-refractivity contribution in [3.05, 3.63) is 75.8 Å². The summed E-state index contributed by atoms with van der Waals surface area (Å²) in [6, 6.07) is 19.3.